The number of aryl methyl sites for hydroxylation is 1. The molecule has 0 N–H and O–H groups in total. The van der Waals surface area contributed by atoms with Crippen molar-refractivity contribution in [2.45, 2.75) is 19.4 Å². The maximum atomic E-state index is 11.9. The van der Waals surface area contributed by atoms with Crippen LogP contribution in [0.1, 0.15) is 12.8 Å². The average Bonchev–Trinajstić information content (AvgIpc) is 2.33. The van der Waals surface area contributed by atoms with Gasteiger partial charge in [0.05, 0.1) is 11.5 Å². The summed E-state index contributed by atoms with van der Waals surface area (Å²) < 4.78 is 1.31. The Morgan fingerprint density at radius 1 is 1.38 bits per heavy atom. The maximum absolute atomic E-state index is 11.9. The Bertz CT molecular complexity index is 597. The van der Waals surface area contributed by atoms with Crippen LogP contribution in [0.15, 0.2) is 29.1 Å². The Morgan fingerprint density at radius 3 is 3.00 bits per heavy atom. The highest BCUT2D eigenvalue weighted by molar-refractivity contribution is 5.76. The Kier molecular flexibility index (Phi) is 2.92. The van der Waals surface area contributed by atoms with Gasteiger partial charge in [-0.2, -0.15) is 5.26 Å². The Labute approximate surface area is 91.9 Å². The number of hydrogen-bond donors (Lipinski definition) is 0. The van der Waals surface area contributed by atoms with Crippen LogP contribution in [0.2, 0.25) is 0 Å². The number of hydrogen-bond acceptors (Lipinski definition) is 4. The molecular formula is C11H10N4O. The molecule has 0 radical (unpaired) electrons. The lowest BCUT2D eigenvalue weighted by Crippen LogP contribution is -2.24. The van der Waals surface area contributed by atoms with E-state index in [4.69, 9.17) is 5.26 Å². The largest absolute Gasteiger partial charge is 0.277 e. The molecule has 0 unspecified atom stereocenters. The van der Waals surface area contributed by atoms with Crippen molar-refractivity contribution < 1.29 is 0 Å². The molecule has 0 fully saturated rings. The van der Waals surface area contributed by atoms with Crippen molar-refractivity contribution in [2.75, 3.05) is 0 Å². The number of benzene rings is 1. The highest BCUT2D eigenvalue weighted by Crippen LogP contribution is 2.03. The minimum absolute atomic E-state index is 0.150. The highest BCUT2D eigenvalue weighted by atomic mass is 16.1. The van der Waals surface area contributed by atoms with Gasteiger partial charge in [0.2, 0.25) is 0 Å². The molecule has 0 atom stereocenters. The SMILES string of the molecule is N#CCCCn1nnc2ccccc2c1=O. The van der Waals surface area contributed by atoms with Gasteiger partial charge >= 0.3 is 0 Å². The van der Waals surface area contributed by atoms with Gasteiger partial charge in [-0.3, -0.25) is 4.79 Å². The highest BCUT2D eigenvalue weighted by Gasteiger charge is 2.03. The fourth-order valence-electron chi connectivity index (χ4n) is 1.48. The minimum Gasteiger partial charge on any atom is -0.267 e. The van der Waals surface area contributed by atoms with Gasteiger partial charge in [-0.25, -0.2) is 4.68 Å². The van der Waals surface area contributed by atoms with E-state index < -0.39 is 0 Å². The van der Waals surface area contributed by atoms with Crippen molar-refractivity contribution in [3.63, 3.8) is 0 Å². The van der Waals surface area contributed by atoms with E-state index in [0.717, 1.165) is 0 Å². The zero-order valence-electron chi connectivity index (χ0n) is 8.63. The van der Waals surface area contributed by atoms with Crippen LogP contribution in [-0.2, 0) is 6.54 Å². The molecule has 0 saturated carbocycles. The van der Waals surface area contributed by atoms with Crippen molar-refractivity contribution in [3.05, 3.63) is 34.6 Å². The summed E-state index contributed by atoms with van der Waals surface area (Å²) in [7, 11) is 0. The standard InChI is InChI=1S/C11H10N4O/c12-7-3-4-8-15-11(16)9-5-1-2-6-10(9)13-14-15/h1-2,5-6H,3-4,8H2. The number of nitriles is 1. The van der Waals surface area contributed by atoms with Gasteiger partial charge in [0.1, 0.15) is 5.52 Å². The van der Waals surface area contributed by atoms with Crippen LogP contribution in [0.4, 0.5) is 0 Å². The van der Waals surface area contributed by atoms with Gasteiger partial charge in [-0.1, -0.05) is 17.3 Å². The van der Waals surface area contributed by atoms with Gasteiger partial charge in [0.15, 0.2) is 0 Å². The van der Waals surface area contributed by atoms with Crippen LogP contribution in [-0.4, -0.2) is 15.0 Å². The van der Waals surface area contributed by atoms with E-state index in [2.05, 4.69) is 10.3 Å². The molecule has 16 heavy (non-hydrogen) atoms. The molecule has 2 rings (SSSR count). The Balaban J connectivity index is 2.38. The summed E-state index contributed by atoms with van der Waals surface area (Å²) in [5.41, 5.74) is 0.451. The molecule has 5 nitrogen and oxygen atoms in total. The van der Waals surface area contributed by atoms with Crippen molar-refractivity contribution in [1.82, 2.24) is 15.0 Å². The summed E-state index contributed by atoms with van der Waals surface area (Å²) >= 11 is 0. The molecular weight excluding hydrogens is 204 g/mol. The van der Waals surface area contributed by atoms with E-state index in [9.17, 15) is 4.79 Å². The molecule has 1 aromatic carbocycles. The first-order valence-corrected chi connectivity index (χ1v) is 5.02. The molecule has 1 heterocycles. The molecule has 5 heteroatoms. The summed E-state index contributed by atoms with van der Waals surface area (Å²) in [5.74, 6) is 0. The molecule has 0 aliphatic heterocycles. The normalized spacial score (nSPS) is 10.2. The molecule has 0 bridgehead atoms. The number of unbranched alkanes of at least 4 members (excludes halogenated alkanes) is 1. The van der Waals surface area contributed by atoms with Gasteiger partial charge in [0, 0.05) is 13.0 Å². The number of rotatable bonds is 3. The molecule has 80 valence electrons. The molecule has 2 aromatic rings. The summed E-state index contributed by atoms with van der Waals surface area (Å²) in [4.78, 5) is 11.9. The molecule has 0 saturated heterocycles. The number of nitrogens with zero attached hydrogens (tertiary/aromatic N) is 4. The van der Waals surface area contributed by atoms with Crippen LogP contribution >= 0.6 is 0 Å². The second kappa shape index (κ2) is 4.53. The predicted octanol–water partition coefficient (Wildman–Crippen LogP) is 1.10. The Morgan fingerprint density at radius 2 is 2.19 bits per heavy atom. The van der Waals surface area contributed by atoms with Crippen molar-refractivity contribution in [2.24, 2.45) is 0 Å². The van der Waals surface area contributed by atoms with Crippen LogP contribution in [0, 0.1) is 11.3 Å². The summed E-state index contributed by atoms with van der Waals surface area (Å²) in [6.07, 6.45) is 1.03. The summed E-state index contributed by atoms with van der Waals surface area (Å²) in [5, 5.41) is 16.8. The van der Waals surface area contributed by atoms with E-state index in [1.165, 1.54) is 4.68 Å². The summed E-state index contributed by atoms with van der Waals surface area (Å²) in [6.45, 7) is 0.435. The third kappa shape index (κ3) is 1.91. The van der Waals surface area contributed by atoms with Crippen molar-refractivity contribution in [1.29, 1.82) is 5.26 Å². The minimum atomic E-state index is -0.150. The first-order valence-electron chi connectivity index (χ1n) is 5.02. The number of fused-ring (bicyclic) bond motifs is 1. The molecule has 0 amide bonds. The van der Waals surface area contributed by atoms with Crippen LogP contribution in [0.3, 0.4) is 0 Å². The average molecular weight is 214 g/mol. The maximum Gasteiger partial charge on any atom is 0.277 e. The fourth-order valence-corrected chi connectivity index (χ4v) is 1.48. The molecule has 0 aliphatic carbocycles. The van der Waals surface area contributed by atoms with E-state index in [1.807, 2.05) is 12.1 Å². The van der Waals surface area contributed by atoms with E-state index in [-0.39, 0.29) is 5.56 Å². The van der Waals surface area contributed by atoms with Crippen LogP contribution in [0.25, 0.3) is 10.9 Å². The lowest BCUT2D eigenvalue weighted by Gasteiger charge is -2.02. The van der Waals surface area contributed by atoms with Gasteiger partial charge in [-0.05, 0) is 18.6 Å². The van der Waals surface area contributed by atoms with Crippen molar-refractivity contribution in [3.8, 4) is 6.07 Å². The third-order valence-electron chi connectivity index (χ3n) is 2.29. The monoisotopic (exact) mass is 214 g/mol. The van der Waals surface area contributed by atoms with Crippen LogP contribution in [0.5, 0.6) is 0 Å². The van der Waals surface area contributed by atoms with Crippen LogP contribution < -0.4 is 5.56 Å². The third-order valence-corrected chi connectivity index (χ3v) is 2.29. The second-order valence-electron chi connectivity index (χ2n) is 3.40. The lowest BCUT2D eigenvalue weighted by atomic mass is 10.2. The molecule has 0 aliphatic rings. The van der Waals surface area contributed by atoms with Gasteiger partial charge in [-0.15, -0.1) is 5.10 Å². The fraction of sp³-hybridized carbons (Fsp3) is 0.273. The first kappa shape index (κ1) is 10.3. The zero-order chi connectivity index (χ0) is 11.4. The summed E-state index contributed by atoms with van der Waals surface area (Å²) in [6, 6.07) is 9.13. The first-order chi connectivity index (χ1) is 7.83. The smallest absolute Gasteiger partial charge is 0.267 e. The van der Waals surface area contributed by atoms with Crippen molar-refractivity contribution >= 4 is 10.9 Å². The molecule has 0 spiro atoms. The quantitative estimate of drug-likeness (QED) is 0.717. The van der Waals surface area contributed by atoms with Gasteiger partial charge < -0.3 is 0 Å². The second-order valence-corrected chi connectivity index (χ2v) is 3.40. The number of aromatic nitrogens is 3. The molecule has 1 aromatic heterocycles. The van der Waals surface area contributed by atoms with E-state index >= 15 is 0 Å². The topological polar surface area (TPSA) is 71.6 Å². The zero-order valence-corrected chi connectivity index (χ0v) is 8.63. The van der Waals surface area contributed by atoms with Gasteiger partial charge in [0.25, 0.3) is 5.56 Å². The van der Waals surface area contributed by atoms with E-state index in [0.29, 0.717) is 30.3 Å². The predicted molar refractivity (Wildman–Crippen MR) is 58.6 cm³/mol. The Hall–Kier alpha value is -2.22. The lowest BCUT2D eigenvalue weighted by molar-refractivity contribution is 0.530. The van der Waals surface area contributed by atoms with E-state index in [1.54, 1.807) is 18.2 Å².